The number of rotatable bonds is 11. The molecular weight excluding hydrogens is 492 g/mol. The second-order valence-corrected chi connectivity index (χ2v) is 10.4. The molecule has 3 aromatic carbocycles. The summed E-state index contributed by atoms with van der Waals surface area (Å²) in [6.45, 7) is 2.69. The molecular formula is C30H33F2NO3S. The minimum Gasteiger partial charge on any atom is -0.496 e. The minimum atomic E-state index is -3.45. The van der Waals surface area contributed by atoms with Crippen molar-refractivity contribution in [3.8, 4) is 22.6 Å². The minimum absolute atomic E-state index is 0.245. The van der Waals surface area contributed by atoms with Crippen LogP contribution >= 0.6 is 11.9 Å². The first-order chi connectivity index (χ1) is 17.9. The van der Waals surface area contributed by atoms with Gasteiger partial charge in [0.25, 0.3) is 5.92 Å². The van der Waals surface area contributed by atoms with E-state index >= 15 is 8.78 Å². The van der Waals surface area contributed by atoms with Crippen LogP contribution in [-0.4, -0.2) is 26.0 Å². The summed E-state index contributed by atoms with van der Waals surface area (Å²) < 4.78 is 44.7. The molecule has 1 atom stereocenters. The number of halogens is 2. The van der Waals surface area contributed by atoms with Gasteiger partial charge in [0.05, 0.1) is 13.7 Å². The van der Waals surface area contributed by atoms with Crippen LogP contribution in [0, 0.1) is 12.8 Å². The molecule has 0 saturated heterocycles. The quantitative estimate of drug-likeness (QED) is 0.206. The average molecular weight is 526 g/mol. The second-order valence-electron chi connectivity index (χ2n) is 9.52. The van der Waals surface area contributed by atoms with E-state index in [9.17, 15) is 4.79 Å². The molecule has 0 amide bonds. The predicted octanol–water partition coefficient (Wildman–Crippen LogP) is 7.59. The molecule has 0 radical (unpaired) electrons. The lowest BCUT2D eigenvalue weighted by Gasteiger charge is -2.24. The number of methoxy groups -OCH3 is 1. The van der Waals surface area contributed by atoms with Crippen molar-refractivity contribution in [3.05, 3.63) is 77.9 Å². The number of aryl methyl sites for hydroxylation is 1. The molecule has 1 aliphatic carbocycles. The molecule has 0 aromatic heterocycles. The van der Waals surface area contributed by atoms with E-state index in [2.05, 4.69) is 4.72 Å². The lowest BCUT2D eigenvalue weighted by Crippen LogP contribution is -2.41. The smallest absolute Gasteiger partial charge is 0.295 e. The Labute approximate surface area is 221 Å². The van der Waals surface area contributed by atoms with Gasteiger partial charge in [-0.15, -0.1) is 0 Å². The number of alkyl halides is 2. The number of hydrogen-bond donors (Lipinski definition) is 1. The van der Waals surface area contributed by atoms with Crippen LogP contribution in [0.5, 0.6) is 11.5 Å². The third kappa shape index (κ3) is 6.90. The summed E-state index contributed by atoms with van der Waals surface area (Å²) >= 11 is 0.993. The molecule has 1 fully saturated rings. The third-order valence-electron chi connectivity index (χ3n) is 6.81. The van der Waals surface area contributed by atoms with Gasteiger partial charge in [0.1, 0.15) is 23.8 Å². The summed E-state index contributed by atoms with van der Waals surface area (Å²) in [5.41, 5.74) is 2.38. The molecule has 7 heteroatoms. The number of nitrogens with one attached hydrogen (secondary N) is 1. The first-order valence-corrected chi connectivity index (χ1v) is 13.5. The van der Waals surface area contributed by atoms with E-state index in [0.29, 0.717) is 28.7 Å². The maximum absolute atomic E-state index is 15.4. The molecule has 1 N–H and O–H groups in total. The molecule has 3 aromatic rings. The van der Waals surface area contributed by atoms with Gasteiger partial charge in [0, 0.05) is 16.0 Å². The van der Waals surface area contributed by atoms with Crippen molar-refractivity contribution in [2.45, 2.75) is 55.9 Å². The maximum atomic E-state index is 15.4. The van der Waals surface area contributed by atoms with Crippen LogP contribution in [0.25, 0.3) is 11.1 Å². The van der Waals surface area contributed by atoms with Crippen LogP contribution in [0.4, 0.5) is 8.78 Å². The highest BCUT2D eigenvalue weighted by atomic mass is 32.2. The highest BCUT2D eigenvalue weighted by Gasteiger charge is 2.42. The van der Waals surface area contributed by atoms with Crippen molar-refractivity contribution in [1.82, 2.24) is 4.72 Å². The van der Waals surface area contributed by atoms with Gasteiger partial charge in [-0.25, -0.2) is 4.72 Å². The van der Waals surface area contributed by atoms with E-state index in [1.165, 1.54) is 51.3 Å². The highest BCUT2D eigenvalue weighted by Crippen LogP contribution is 2.39. The lowest BCUT2D eigenvalue weighted by atomic mass is 9.90. The van der Waals surface area contributed by atoms with E-state index in [1.807, 2.05) is 43.3 Å². The topological polar surface area (TPSA) is 47.6 Å². The van der Waals surface area contributed by atoms with E-state index in [1.54, 1.807) is 18.2 Å². The van der Waals surface area contributed by atoms with Crippen LogP contribution in [0.15, 0.2) is 71.6 Å². The molecule has 37 heavy (non-hydrogen) atoms. The zero-order valence-electron chi connectivity index (χ0n) is 21.2. The molecule has 1 aliphatic rings. The summed E-state index contributed by atoms with van der Waals surface area (Å²) in [4.78, 5) is 12.4. The Morgan fingerprint density at radius 3 is 2.38 bits per heavy atom. The third-order valence-corrected chi connectivity index (χ3v) is 7.69. The largest absolute Gasteiger partial charge is 0.496 e. The van der Waals surface area contributed by atoms with Crippen molar-refractivity contribution in [1.29, 1.82) is 0 Å². The van der Waals surface area contributed by atoms with E-state index in [4.69, 9.17) is 9.47 Å². The Bertz CT molecular complexity index is 1160. The Hall–Kier alpha value is -2.90. The number of aldehydes is 1. The van der Waals surface area contributed by atoms with E-state index in [-0.39, 0.29) is 11.8 Å². The van der Waals surface area contributed by atoms with Gasteiger partial charge in [-0.2, -0.15) is 8.78 Å². The fourth-order valence-corrected chi connectivity index (χ4v) is 5.28. The number of benzene rings is 3. The van der Waals surface area contributed by atoms with E-state index < -0.39 is 12.0 Å². The van der Waals surface area contributed by atoms with Gasteiger partial charge >= 0.3 is 0 Å². The van der Waals surface area contributed by atoms with Crippen molar-refractivity contribution in [3.63, 3.8) is 0 Å². The number of carbonyl (C=O) groups is 1. The molecule has 4 nitrogen and oxygen atoms in total. The molecule has 1 saturated carbocycles. The zero-order chi connectivity index (χ0) is 26.3. The predicted molar refractivity (Wildman–Crippen MR) is 144 cm³/mol. The Balaban J connectivity index is 1.39. The molecule has 4 rings (SSSR count). The SMILES string of the molecule is COc1cc(C(F)(F)C(C=O)NSc2ccc(OCC3CCCCC3)cc2)ccc1-c1ccc(C)cc1. The normalized spacial score (nSPS) is 15.2. The molecule has 1 unspecified atom stereocenters. The van der Waals surface area contributed by atoms with E-state index in [0.717, 1.165) is 28.8 Å². The van der Waals surface area contributed by atoms with Crippen molar-refractivity contribution in [2.24, 2.45) is 5.92 Å². The molecule has 0 bridgehead atoms. The summed E-state index contributed by atoms with van der Waals surface area (Å²) in [6.07, 6.45) is 6.50. The van der Waals surface area contributed by atoms with Gasteiger partial charge < -0.3 is 14.3 Å². The van der Waals surface area contributed by atoms with Crippen LogP contribution in [-0.2, 0) is 10.7 Å². The number of carbonyl (C=O) groups excluding carboxylic acids is 1. The van der Waals surface area contributed by atoms with Gasteiger partial charge in [-0.1, -0.05) is 61.2 Å². The number of ether oxygens (including phenoxy) is 2. The Morgan fingerprint density at radius 1 is 1.03 bits per heavy atom. The average Bonchev–Trinajstić information content (AvgIpc) is 2.93. The van der Waals surface area contributed by atoms with Crippen LogP contribution in [0.3, 0.4) is 0 Å². The summed E-state index contributed by atoms with van der Waals surface area (Å²) in [6, 6.07) is 17.5. The summed E-state index contributed by atoms with van der Waals surface area (Å²) in [5, 5.41) is 0. The van der Waals surface area contributed by atoms with Crippen molar-refractivity contribution in [2.75, 3.05) is 13.7 Å². The Morgan fingerprint density at radius 2 is 1.73 bits per heavy atom. The van der Waals surface area contributed by atoms with Gasteiger partial charge in [-0.05, 0) is 73.5 Å². The number of hydrogen-bond acceptors (Lipinski definition) is 5. The zero-order valence-corrected chi connectivity index (χ0v) is 22.0. The lowest BCUT2D eigenvalue weighted by molar-refractivity contribution is -0.119. The first kappa shape index (κ1) is 27.1. The standard InChI is InChI=1S/C30H33F2NO3S/c1-21-8-10-23(11-9-21)27-17-12-24(18-28(27)35-2)30(31,32)29(19-34)33-37-26-15-13-25(14-16-26)36-20-22-6-4-3-5-7-22/h8-19,22,29,33H,3-7,20H2,1-2H3. The summed E-state index contributed by atoms with van der Waals surface area (Å²) in [7, 11) is 1.45. The molecule has 196 valence electrons. The molecule has 0 heterocycles. The maximum Gasteiger partial charge on any atom is 0.295 e. The Kier molecular flexibility index (Phi) is 9.22. The highest BCUT2D eigenvalue weighted by molar-refractivity contribution is 7.97. The molecule has 0 spiro atoms. The van der Waals surface area contributed by atoms with Crippen LogP contribution in [0.2, 0.25) is 0 Å². The summed E-state index contributed by atoms with van der Waals surface area (Å²) in [5.74, 6) is -1.77. The fraction of sp³-hybridized carbons (Fsp3) is 0.367. The van der Waals surface area contributed by atoms with Crippen molar-refractivity contribution < 1.29 is 23.0 Å². The monoisotopic (exact) mass is 525 g/mol. The van der Waals surface area contributed by atoms with Crippen LogP contribution in [0.1, 0.15) is 43.2 Å². The van der Waals surface area contributed by atoms with Gasteiger partial charge in [0.2, 0.25) is 0 Å². The molecule has 0 aliphatic heterocycles. The van der Waals surface area contributed by atoms with Crippen molar-refractivity contribution >= 4 is 18.2 Å². The van der Waals surface area contributed by atoms with Gasteiger partial charge in [0.15, 0.2) is 0 Å². The second kappa shape index (κ2) is 12.6. The first-order valence-electron chi connectivity index (χ1n) is 12.6. The van der Waals surface area contributed by atoms with Crippen LogP contribution < -0.4 is 14.2 Å². The van der Waals surface area contributed by atoms with Gasteiger partial charge in [-0.3, -0.25) is 0 Å². The fourth-order valence-electron chi connectivity index (χ4n) is 4.54.